The molecule has 1 heterocycles. The van der Waals surface area contributed by atoms with Crippen LogP contribution in [0.5, 0.6) is 0 Å². The highest BCUT2D eigenvalue weighted by atomic mass is 79.9. The number of hydrogen-bond acceptors (Lipinski definition) is 3. The predicted molar refractivity (Wildman–Crippen MR) is 66.5 cm³/mol. The molecule has 0 saturated carbocycles. The van der Waals surface area contributed by atoms with Gasteiger partial charge in [-0.1, -0.05) is 6.07 Å². The van der Waals surface area contributed by atoms with Crippen molar-refractivity contribution in [3.8, 4) is 0 Å². The SMILES string of the molecule is NNC(Cc1ccc(F)cc1F)c1ccc(Br)o1. The summed E-state index contributed by atoms with van der Waals surface area (Å²) >= 11 is 3.18. The zero-order chi connectivity index (χ0) is 13.1. The summed E-state index contributed by atoms with van der Waals surface area (Å²) in [7, 11) is 0. The van der Waals surface area contributed by atoms with E-state index in [2.05, 4.69) is 21.4 Å². The first-order valence-corrected chi connectivity index (χ1v) is 6.04. The minimum absolute atomic E-state index is 0.266. The largest absolute Gasteiger partial charge is 0.453 e. The number of nitrogens with two attached hydrogens (primary N) is 1. The Balaban J connectivity index is 2.20. The minimum Gasteiger partial charge on any atom is -0.453 e. The van der Waals surface area contributed by atoms with Gasteiger partial charge < -0.3 is 4.42 Å². The van der Waals surface area contributed by atoms with Gasteiger partial charge in [0.15, 0.2) is 4.67 Å². The van der Waals surface area contributed by atoms with Gasteiger partial charge in [0.1, 0.15) is 17.4 Å². The van der Waals surface area contributed by atoms with Gasteiger partial charge in [0.05, 0.1) is 6.04 Å². The Hall–Kier alpha value is -1.24. The maximum atomic E-state index is 13.5. The molecule has 0 amide bonds. The van der Waals surface area contributed by atoms with Crippen molar-refractivity contribution in [1.29, 1.82) is 0 Å². The average molecular weight is 317 g/mol. The van der Waals surface area contributed by atoms with E-state index in [0.717, 1.165) is 6.07 Å². The molecule has 0 fully saturated rings. The summed E-state index contributed by atoms with van der Waals surface area (Å²) in [5, 5.41) is 0. The highest BCUT2D eigenvalue weighted by Gasteiger charge is 2.16. The van der Waals surface area contributed by atoms with Gasteiger partial charge in [0, 0.05) is 6.07 Å². The van der Waals surface area contributed by atoms with Gasteiger partial charge in [-0.2, -0.15) is 0 Å². The van der Waals surface area contributed by atoms with Gasteiger partial charge in [-0.05, 0) is 46.1 Å². The van der Waals surface area contributed by atoms with E-state index in [1.165, 1.54) is 12.1 Å². The molecule has 0 bridgehead atoms. The van der Waals surface area contributed by atoms with Crippen LogP contribution in [0, 0.1) is 11.6 Å². The van der Waals surface area contributed by atoms with E-state index < -0.39 is 11.6 Å². The fraction of sp³-hybridized carbons (Fsp3) is 0.167. The highest BCUT2D eigenvalue weighted by molar-refractivity contribution is 9.10. The summed E-state index contributed by atoms with van der Waals surface area (Å²) in [6.45, 7) is 0. The van der Waals surface area contributed by atoms with Crippen LogP contribution in [0.15, 0.2) is 39.4 Å². The Morgan fingerprint density at radius 2 is 2.06 bits per heavy atom. The molecule has 3 N–H and O–H groups in total. The molecule has 0 aliphatic rings. The Labute approximate surface area is 111 Å². The average Bonchev–Trinajstić information content (AvgIpc) is 2.75. The number of nitrogens with one attached hydrogen (secondary N) is 1. The molecule has 96 valence electrons. The molecule has 3 nitrogen and oxygen atoms in total. The normalized spacial score (nSPS) is 12.7. The molecule has 6 heteroatoms. The predicted octanol–water partition coefficient (Wildman–Crippen LogP) is 3.07. The molecule has 0 aliphatic carbocycles. The second-order valence-electron chi connectivity index (χ2n) is 3.80. The fourth-order valence-corrected chi connectivity index (χ4v) is 1.98. The summed E-state index contributed by atoms with van der Waals surface area (Å²) in [5.74, 6) is 4.80. The lowest BCUT2D eigenvalue weighted by atomic mass is 10.0. The third-order valence-electron chi connectivity index (χ3n) is 2.58. The molecule has 1 aromatic heterocycles. The second kappa shape index (κ2) is 5.60. The topological polar surface area (TPSA) is 51.2 Å². The van der Waals surface area contributed by atoms with E-state index in [9.17, 15) is 8.78 Å². The molecule has 0 saturated heterocycles. The first-order chi connectivity index (χ1) is 8.60. The van der Waals surface area contributed by atoms with Crippen LogP contribution in [-0.4, -0.2) is 0 Å². The Kier molecular flexibility index (Phi) is 4.11. The van der Waals surface area contributed by atoms with E-state index in [1.807, 2.05) is 0 Å². The molecular weight excluding hydrogens is 306 g/mol. The lowest BCUT2D eigenvalue weighted by Gasteiger charge is -2.13. The van der Waals surface area contributed by atoms with Crippen molar-refractivity contribution in [3.63, 3.8) is 0 Å². The van der Waals surface area contributed by atoms with Crippen LogP contribution in [0.25, 0.3) is 0 Å². The first-order valence-electron chi connectivity index (χ1n) is 5.25. The van der Waals surface area contributed by atoms with Gasteiger partial charge in [-0.25, -0.2) is 14.2 Å². The Bertz CT molecular complexity index is 545. The molecule has 1 unspecified atom stereocenters. The van der Waals surface area contributed by atoms with Crippen molar-refractivity contribution >= 4 is 15.9 Å². The lowest BCUT2D eigenvalue weighted by molar-refractivity contribution is 0.401. The van der Waals surface area contributed by atoms with Crippen LogP contribution in [-0.2, 0) is 6.42 Å². The van der Waals surface area contributed by atoms with Crippen molar-refractivity contribution < 1.29 is 13.2 Å². The van der Waals surface area contributed by atoms with E-state index in [0.29, 0.717) is 16.0 Å². The summed E-state index contributed by atoms with van der Waals surface area (Å²) < 4.78 is 32.2. The summed E-state index contributed by atoms with van der Waals surface area (Å²) in [5.41, 5.74) is 2.91. The maximum absolute atomic E-state index is 13.5. The molecule has 2 aromatic rings. The van der Waals surface area contributed by atoms with Crippen LogP contribution < -0.4 is 11.3 Å². The van der Waals surface area contributed by atoms with Crippen molar-refractivity contribution in [3.05, 3.63) is 58.0 Å². The molecule has 0 aliphatic heterocycles. The Morgan fingerprint density at radius 1 is 1.28 bits per heavy atom. The van der Waals surface area contributed by atoms with Crippen LogP contribution in [0.1, 0.15) is 17.4 Å². The van der Waals surface area contributed by atoms with Crippen LogP contribution >= 0.6 is 15.9 Å². The van der Waals surface area contributed by atoms with E-state index in [4.69, 9.17) is 10.3 Å². The summed E-state index contributed by atoms with van der Waals surface area (Å²) in [6.07, 6.45) is 0.266. The van der Waals surface area contributed by atoms with E-state index in [1.54, 1.807) is 12.1 Å². The third-order valence-corrected chi connectivity index (χ3v) is 3.00. The number of halogens is 3. The third kappa shape index (κ3) is 2.95. The maximum Gasteiger partial charge on any atom is 0.169 e. The van der Waals surface area contributed by atoms with Crippen molar-refractivity contribution in [2.75, 3.05) is 0 Å². The first kappa shape index (κ1) is 13.2. The summed E-state index contributed by atoms with van der Waals surface area (Å²) in [4.78, 5) is 0. The number of hydrogen-bond donors (Lipinski definition) is 2. The number of benzene rings is 1. The molecule has 1 atom stereocenters. The quantitative estimate of drug-likeness (QED) is 0.673. The van der Waals surface area contributed by atoms with Crippen molar-refractivity contribution in [2.45, 2.75) is 12.5 Å². The number of hydrazine groups is 1. The lowest BCUT2D eigenvalue weighted by Crippen LogP contribution is -2.29. The van der Waals surface area contributed by atoms with Crippen LogP contribution in [0.3, 0.4) is 0 Å². The van der Waals surface area contributed by atoms with Gasteiger partial charge in [-0.3, -0.25) is 5.84 Å². The zero-order valence-electron chi connectivity index (χ0n) is 9.29. The van der Waals surface area contributed by atoms with Gasteiger partial charge in [0.25, 0.3) is 0 Å². The van der Waals surface area contributed by atoms with Gasteiger partial charge >= 0.3 is 0 Å². The second-order valence-corrected chi connectivity index (χ2v) is 4.58. The molecule has 18 heavy (non-hydrogen) atoms. The molecule has 2 rings (SSSR count). The van der Waals surface area contributed by atoms with Gasteiger partial charge in [0.2, 0.25) is 0 Å². The minimum atomic E-state index is -0.603. The van der Waals surface area contributed by atoms with Crippen LogP contribution in [0.2, 0.25) is 0 Å². The standard InChI is InChI=1S/C12H11BrF2N2O/c13-12-4-3-11(18-12)10(17-16)5-7-1-2-8(14)6-9(7)15/h1-4,6,10,17H,5,16H2. The van der Waals surface area contributed by atoms with Gasteiger partial charge in [-0.15, -0.1) is 0 Å². The Morgan fingerprint density at radius 3 is 2.61 bits per heavy atom. The van der Waals surface area contributed by atoms with Crippen molar-refractivity contribution in [2.24, 2.45) is 5.84 Å². The fourth-order valence-electron chi connectivity index (χ4n) is 1.66. The van der Waals surface area contributed by atoms with E-state index in [-0.39, 0.29) is 12.5 Å². The van der Waals surface area contributed by atoms with E-state index >= 15 is 0 Å². The molecular formula is C12H11BrF2N2O. The highest BCUT2D eigenvalue weighted by Crippen LogP contribution is 2.24. The smallest absolute Gasteiger partial charge is 0.169 e. The molecule has 1 aromatic carbocycles. The number of rotatable bonds is 4. The number of furan rings is 1. The molecule has 0 radical (unpaired) electrons. The van der Waals surface area contributed by atoms with Crippen molar-refractivity contribution in [1.82, 2.24) is 5.43 Å². The van der Waals surface area contributed by atoms with Crippen LogP contribution in [0.4, 0.5) is 8.78 Å². The zero-order valence-corrected chi connectivity index (χ0v) is 10.9. The monoisotopic (exact) mass is 316 g/mol. The summed E-state index contributed by atoms with van der Waals surface area (Å²) in [6, 6.07) is 6.53. The molecule has 0 spiro atoms.